The van der Waals surface area contributed by atoms with Gasteiger partial charge in [-0.2, -0.15) is 0 Å². The van der Waals surface area contributed by atoms with Crippen LogP contribution >= 0.6 is 11.8 Å². The number of unbranched alkanes of at least 4 members (excludes halogenated alkanes) is 2. The van der Waals surface area contributed by atoms with Gasteiger partial charge >= 0.3 is 0 Å². The van der Waals surface area contributed by atoms with Crippen molar-refractivity contribution in [1.82, 2.24) is 10.3 Å². The molecule has 0 unspecified atom stereocenters. The number of aliphatic imine (C=N–C) groups is 1. The summed E-state index contributed by atoms with van der Waals surface area (Å²) in [6.45, 7) is 6.03. The van der Waals surface area contributed by atoms with E-state index >= 15 is 0 Å². The van der Waals surface area contributed by atoms with Crippen molar-refractivity contribution in [3.63, 3.8) is 0 Å². The minimum Gasteiger partial charge on any atom is -0.365 e. The van der Waals surface area contributed by atoms with Crippen molar-refractivity contribution in [2.75, 3.05) is 13.1 Å². The number of pyridine rings is 1. The molecule has 0 spiro atoms. The Bertz CT molecular complexity index is 727. The van der Waals surface area contributed by atoms with Crippen LogP contribution in [0.15, 0.2) is 46.4 Å². The van der Waals surface area contributed by atoms with Crippen LogP contribution in [-0.4, -0.2) is 30.0 Å². The lowest BCUT2D eigenvalue weighted by molar-refractivity contribution is -0.0979. The number of benzene rings is 1. The van der Waals surface area contributed by atoms with Crippen molar-refractivity contribution in [2.24, 2.45) is 4.99 Å². The molecule has 0 saturated heterocycles. The maximum atomic E-state index is 8.00. The smallest absolute Gasteiger partial charge is 0.161 e. The Kier molecular flexibility index (Phi) is 7.49. The van der Waals surface area contributed by atoms with Gasteiger partial charge in [0.2, 0.25) is 0 Å². The standard InChI is InChI=1S/C18H21N3S.CH2O/c1-2-3-4-9-20-18-21-13-16(22-18)12-14-7-8-17-15(11-14)6-5-10-19-17;1-2/h5-8,10-12H,2-4,9,13H2,1H3,(H,20,21);1H2/b16-12-;. The molecule has 24 heavy (non-hydrogen) atoms. The minimum atomic E-state index is 0.784. The summed E-state index contributed by atoms with van der Waals surface area (Å²) in [5, 5.41) is 5.66. The number of amidine groups is 1. The van der Waals surface area contributed by atoms with Crippen molar-refractivity contribution in [3.05, 3.63) is 47.0 Å². The Labute approximate surface area is 147 Å². The van der Waals surface area contributed by atoms with E-state index in [4.69, 9.17) is 4.79 Å². The molecule has 0 bridgehead atoms. The summed E-state index contributed by atoms with van der Waals surface area (Å²) in [7, 11) is 0. The van der Waals surface area contributed by atoms with E-state index in [1.807, 2.05) is 19.1 Å². The number of carbonyl (C=O) groups is 1. The van der Waals surface area contributed by atoms with E-state index in [-0.39, 0.29) is 0 Å². The second kappa shape index (κ2) is 9.88. The van der Waals surface area contributed by atoms with Gasteiger partial charge in [-0.05, 0) is 36.3 Å². The van der Waals surface area contributed by atoms with Crippen molar-refractivity contribution in [2.45, 2.75) is 26.2 Å². The molecule has 5 heteroatoms. The number of rotatable bonds is 5. The highest BCUT2D eigenvalue weighted by Crippen LogP contribution is 2.26. The largest absolute Gasteiger partial charge is 0.365 e. The fourth-order valence-corrected chi connectivity index (χ4v) is 3.32. The Morgan fingerprint density at radius 3 is 3.00 bits per heavy atom. The third-order valence-electron chi connectivity index (χ3n) is 3.62. The molecular weight excluding hydrogens is 318 g/mol. The third kappa shape index (κ3) is 5.20. The van der Waals surface area contributed by atoms with Crippen LogP contribution in [0, 0.1) is 0 Å². The van der Waals surface area contributed by atoms with Crippen LogP contribution in [0.1, 0.15) is 31.7 Å². The number of hydrogen-bond acceptors (Lipinski definition) is 5. The lowest BCUT2D eigenvalue weighted by Crippen LogP contribution is -2.19. The molecule has 1 aliphatic rings. The molecule has 1 aliphatic heterocycles. The van der Waals surface area contributed by atoms with Gasteiger partial charge in [0.15, 0.2) is 5.17 Å². The average Bonchev–Trinajstić information content (AvgIpc) is 3.08. The fourth-order valence-electron chi connectivity index (χ4n) is 2.45. The SMILES string of the molecule is C=O.CCCCCNC1=NC/C(=C/c2ccc3ncccc3c2)S1. The van der Waals surface area contributed by atoms with Gasteiger partial charge in [0, 0.05) is 23.0 Å². The highest BCUT2D eigenvalue weighted by Gasteiger charge is 2.12. The van der Waals surface area contributed by atoms with E-state index in [9.17, 15) is 0 Å². The van der Waals surface area contributed by atoms with Crippen molar-refractivity contribution >= 4 is 40.7 Å². The van der Waals surface area contributed by atoms with Crippen LogP contribution in [0.4, 0.5) is 0 Å². The molecule has 0 aliphatic carbocycles. The molecule has 4 nitrogen and oxygen atoms in total. The highest BCUT2D eigenvalue weighted by atomic mass is 32.2. The van der Waals surface area contributed by atoms with Gasteiger partial charge < -0.3 is 10.1 Å². The summed E-state index contributed by atoms with van der Waals surface area (Å²) < 4.78 is 0. The number of fused-ring (bicyclic) bond motifs is 1. The van der Waals surface area contributed by atoms with Gasteiger partial charge in [0.25, 0.3) is 0 Å². The molecule has 0 fully saturated rings. The molecule has 0 saturated carbocycles. The summed E-state index contributed by atoms with van der Waals surface area (Å²) in [5.41, 5.74) is 2.25. The van der Waals surface area contributed by atoms with Crippen LogP contribution in [0.2, 0.25) is 0 Å². The summed E-state index contributed by atoms with van der Waals surface area (Å²) in [6.07, 6.45) is 7.80. The van der Waals surface area contributed by atoms with Gasteiger partial charge in [-0.25, -0.2) is 0 Å². The third-order valence-corrected chi connectivity index (χ3v) is 4.59. The predicted molar refractivity (Wildman–Crippen MR) is 104 cm³/mol. The molecule has 2 heterocycles. The number of carbonyl (C=O) groups excluding carboxylic acids is 1. The Morgan fingerprint density at radius 2 is 2.17 bits per heavy atom. The molecule has 126 valence electrons. The van der Waals surface area contributed by atoms with Crippen LogP contribution in [0.25, 0.3) is 17.0 Å². The zero-order chi connectivity index (χ0) is 17.2. The molecular formula is C19H23N3OS. The first-order valence-corrected chi connectivity index (χ1v) is 8.97. The summed E-state index contributed by atoms with van der Waals surface area (Å²) in [6, 6.07) is 10.5. The summed E-state index contributed by atoms with van der Waals surface area (Å²) >= 11 is 1.75. The first-order chi connectivity index (χ1) is 11.8. The van der Waals surface area contributed by atoms with Crippen molar-refractivity contribution < 1.29 is 4.79 Å². The fraction of sp³-hybridized carbons (Fsp3) is 0.316. The monoisotopic (exact) mass is 341 g/mol. The topological polar surface area (TPSA) is 54.4 Å². The average molecular weight is 341 g/mol. The normalized spacial score (nSPS) is 15.0. The molecule has 3 rings (SSSR count). The van der Waals surface area contributed by atoms with Crippen LogP contribution in [0.5, 0.6) is 0 Å². The zero-order valence-corrected chi connectivity index (χ0v) is 14.8. The predicted octanol–water partition coefficient (Wildman–Crippen LogP) is 4.27. The molecule has 0 radical (unpaired) electrons. The quantitative estimate of drug-likeness (QED) is 0.825. The second-order valence-corrected chi connectivity index (χ2v) is 6.54. The number of aromatic nitrogens is 1. The Hall–Kier alpha value is -2.14. The van der Waals surface area contributed by atoms with Gasteiger partial charge in [-0.3, -0.25) is 9.98 Å². The van der Waals surface area contributed by atoms with Crippen LogP contribution < -0.4 is 5.32 Å². The number of nitrogens with zero attached hydrogens (tertiary/aromatic N) is 2. The molecule has 0 amide bonds. The molecule has 0 atom stereocenters. The van der Waals surface area contributed by atoms with Gasteiger partial charge in [0.05, 0.1) is 12.1 Å². The van der Waals surface area contributed by atoms with E-state index in [2.05, 4.69) is 52.6 Å². The molecule has 1 aromatic carbocycles. The van der Waals surface area contributed by atoms with Crippen LogP contribution in [-0.2, 0) is 4.79 Å². The maximum absolute atomic E-state index is 8.00. The highest BCUT2D eigenvalue weighted by molar-refractivity contribution is 8.17. The second-order valence-electron chi connectivity index (χ2n) is 5.42. The first kappa shape index (κ1) is 18.2. The molecule has 2 aromatic rings. The van der Waals surface area contributed by atoms with Crippen LogP contribution in [0.3, 0.4) is 0 Å². The first-order valence-electron chi connectivity index (χ1n) is 8.15. The number of hydrogen-bond donors (Lipinski definition) is 1. The van der Waals surface area contributed by atoms with Crippen molar-refractivity contribution in [3.8, 4) is 0 Å². The molecule has 1 aromatic heterocycles. The zero-order valence-electron chi connectivity index (χ0n) is 14.0. The maximum Gasteiger partial charge on any atom is 0.161 e. The number of nitrogens with one attached hydrogen (secondary N) is 1. The summed E-state index contributed by atoms with van der Waals surface area (Å²) in [4.78, 5) is 18.2. The van der Waals surface area contributed by atoms with Gasteiger partial charge in [-0.15, -0.1) is 0 Å². The Balaban J connectivity index is 0.00000100. The van der Waals surface area contributed by atoms with Gasteiger partial charge in [-0.1, -0.05) is 43.7 Å². The summed E-state index contributed by atoms with van der Waals surface area (Å²) in [5.74, 6) is 0. The van der Waals surface area contributed by atoms with E-state index in [0.717, 1.165) is 23.8 Å². The van der Waals surface area contributed by atoms with E-state index < -0.39 is 0 Å². The number of thioether (sulfide) groups is 1. The van der Waals surface area contributed by atoms with Gasteiger partial charge in [0.1, 0.15) is 6.79 Å². The Morgan fingerprint density at radius 1 is 1.29 bits per heavy atom. The van der Waals surface area contributed by atoms with E-state index in [1.54, 1.807) is 11.8 Å². The minimum absolute atomic E-state index is 0.784. The molecule has 1 N–H and O–H groups in total. The van der Waals surface area contributed by atoms with E-state index in [0.29, 0.717) is 0 Å². The van der Waals surface area contributed by atoms with Crippen molar-refractivity contribution in [1.29, 1.82) is 0 Å². The lowest BCUT2D eigenvalue weighted by Gasteiger charge is -2.04. The van der Waals surface area contributed by atoms with E-state index in [1.165, 1.54) is 35.1 Å². The lowest BCUT2D eigenvalue weighted by atomic mass is 10.1.